The van der Waals surface area contributed by atoms with Crippen molar-refractivity contribution in [1.29, 1.82) is 0 Å². The van der Waals surface area contributed by atoms with Crippen molar-refractivity contribution < 1.29 is 13.2 Å². The van der Waals surface area contributed by atoms with E-state index in [1.165, 1.54) is 10.5 Å². The number of pyridine rings is 1. The minimum atomic E-state index is -4.34. The van der Waals surface area contributed by atoms with E-state index in [1.807, 2.05) is 0 Å². The molecule has 0 aromatic carbocycles. The van der Waals surface area contributed by atoms with Crippen LogP contribution in [-0.2, 0) is 11.6 Å². The summed E-state index contributed by atoms with van der Waals surface area (Å²) in [7, 11) is 0. The quantitative estimate of drug-likeness (QED) is 0.895. The SMILES string of the molecule is NCC1(c2ncc3ccc(C(F)(F)F)cn23)CC1. The van der Waals surface area contributed by atoms with Crippen LogP contribution in [0.4, 0.5) is 13.2 Å². The zero-order chi connectivity index (χ0) is 13.0. The lowest BCUT2D eigenvalue weighted by molar-refractivity contribution is -0.137. The second-order valence-electron chi connectivity index (χ2n) is 4.78. The molecule has 0 bridgehead atoms. The van der Waals surface area contributed by atoms with Crippen molar-refractivity contribution in [1.82, 2.24) is 9.38 Å². The Hall–Kier alpha value is -1.56. The molecule has 1 fully saturated rings. The Balaban J connectivity index is 2.17. The first-order chi connectivity index (χ1) is 8.46. The standard InChI is InChI=1S/C12H12F3N3/c13-12(14,15)8-1-2-9-5-17-10(18(9)6-8)11(7-16)3-4-11/h1-2,5-6H,3-4,7,16H2. The molecule has 3 rings (SSSR count). The first-order valence-corrected chi connectivity index (χ1v) is 5.71. The topological polar surface area (TPSA) is 43.3 Å². The highest BCUT2D eigenvalue weighted by Crippen LogP contribution is 2.46. The van der Waals surface area contributed by atoms with Gasteiger partial charge in [-0.15, -0.1) is 0 Å². The Morgan fingerprint density at radius 3 is 2.61 bits per heavy atom. The highest BCUT2D eigenvalue weighted by molar-refractivity contribution is 5.49. The molecule has 2 N–H and O–H groups in total. The van der Waals surface area contributed by atoms with Gasteiger partial charge in [-0.2, -0.15) is 13.2 Å². The number of hydrogen-bond donors (Lipinski definition) is 1. The molecule has 96 valence electrons. The highest BCUT2D eigenvalue weighted by Gasteiger charge is 2.46. The summed E-state index contributed by atoms with van der Waals surface area (Å²) in [6, 6.07) is 2.51. The van der Waals surface area contributed by atoms with E-state index in [9.17, 15) is 13.2 Å². The average Bonchev–Trinajstić information content (AvgIpc) is 3.00. The van der Waals surface area contributed by atoms with Crippen LogP contribution >= 0.6 is 0 Å². The van der Waals surface area contributed by atoms with Crippen molar-refractivity contribution in [2.24, 2.45) is 5.73 Å². The van der Waals surface area contributed by atoms with Crippen LogP contribution in [0.15, 0.2) is 24.5 Å². The van der Waals surface area contributed by atoms with Crippen LogP contribution in [0, 0.1) is 0 Å². The van der Waals surface area contributed by atoms with Crippen LogP contribution < -0.4 is 5.73 Å². The number of nitrogens with zero attached hydrogens (tertiary/aromatic N) is 2. The number of rotatable bonds is 2. The van der Waals surface area contributed by atoms with Gasteiger partial charge in [-0.05, 0) is 25.0 Å². The molecule has 1 saturated carbocycles. The molecule has 6 heteroatoms. The van der Waals surface area contributed by atoms with Crippen LogP contribution in [-0.4, -0.2) is 15.9 Å². The lowest BCUT2D eigenvalue weighted by atomic mass is 10.1. The van der Waals surface area contributed by atoms with Crippen molar-refractivity contribution in [3.05, 3.63) is 35.9 Å². The first-order valence-electron chi connectivity index (χ1n) is 5.71. The predicted molar refractivity (Wildman–Crippen MR) is 60.2 cm³/mol. The van der Waals surface area contributed by atoms with Crippen molar-refractivity contribution in [2.75, 3.05) is 6.54 Å². The number of imidazole rings is 1. The Morgan fingerprint density at radius 1 is 1.33 bits per heavy atom. The molecule has 18 heavy (non-hydrogen) atoms. The van der Waals surface area contributed by atoms with Gasteiger partial charge in [-0.3, -0.25) is 0 Å². The number of halogens is 3. The monoisotopic (exact) mass is 255 g/mol. The fourth-order valence-corrected chi connectivity index (χ4v) is 2.22. The molecule has 1 aliphatic rings. The van der Waals surface area contributed by atoms with Crippen LogP contribution in [0.3, 0.4) is 0 Å². The zero-order valence-electron chi connectivity index (χ0n) is 9.54. The lowest BCUT2D eigenvalue weighted by Gasteiger charge is -2.13. The van der Waals surface area contributed by atoms with Gasteiger partial charge in [0.2, 0.25) is 0 Å². The maximum absolute atomic E-state index is 12.7. The Labute approximate surface area is 101 Å². The molecule has 0 amide bonds. The van der Waals surface area contributed by atoms with E-state index in [1.54, 1.807) is 6.20 Å². The predicted octanol–water partition coefficient (Wildman–Crippen LogP) is 2.34. The maximum Gasteiger partial charge on any atom is 0.417 e. The fourth-order valence-electron chi connectivity index (χ4n) is 2.22. The summed E-state index contributed by atoms with van der Waals surface area (Å²) in [4.78, 5) is 4.24. The van der Waals surface area contributed by atoms with E-state index >= 15 is 0 Å². The Bertz CT molecular complexity index is 596. The number of alkyl halides is 3. The molecule has 1 aliphatic carbocycles. The summed E-state index contributed by atoms with van der Waals surface area (Å²) in [6.45, 7) is 0.419. The van der Waals surface area contributed by atoms with Crippen LogP contribution in [0.2, 0.25) is 0 Å². The van der Waals surface area contributed by atoms with Gasteiger partial charge < -0.3 is 10.1 Å². The van der Waals surface area contributed by atoms with E-state index in [0.29, 0.717) is 17.9 Å². The Kier molecular flexibility index (Phi) is 2.22. The molecule has 0 aliphatic heterocycles. The van der Waals surface area contributed by atoms with Gasteiger partial charge in [-0.1, -0.05) is 0 Å². The van der Waals surface area contributed by atoms with E-state index in [4.69, 9.17) is 5.73 Å². The third kappa shape index (κ3) is 1.59. The number of aromatic nitrogens is 2. The summed E-state index contributed by atoms with van der Waals surface area (Å²) >= 11 is 0. The summed E-state index contributed by atoms with van der Waals surface area (Å²) < 4.78 is 39.6. The molecule has 0 radical (unpaired) electrons. The normalized spacial score (nSPS) is 18.2. The van der Waals surface area contributed by atoms with Crippen molar-refractivity contribution in [2.45, 2.75) is 24.4 Å². The molecule has 2 aromatic rings. The molecular weight excluding hydrogens is 243 g/mol. The molecule has 2 aromatic heterocycles. The lowest BCUT2D eigenvalue weighted by Crippen LogP contribution is -2.22. The number of nitrogens with two attached hydrogens (primary N) is 1. The summed E-state index contributed by atoms with van der Waals surface area (Å²) in [5, 5.41) is 0. The molecular formula is C12H12F3N3. The van der Waals surface area contributed by atoms with E-state index in [2.05, 4.69) is 4.98 Å². The molecule has 2 heterocycles. The second kappa shape index (κ2) is 3.47. The van der Waals surface area contributed by atoms with Crippen molar-refractivity contribution >= 4 is 5.52 Å². The van der Waals surface area contributed by atoms with Crippen molar-refractivity contribution in [3.8, 4) is 0 Å². The largest absolute Gasteiger partial charge is 0.417 e. The van der Waals surface area contributed by atoms with Gasteiger partial charge >= 0.3 is 6.18 Å². The average molecular weight is 255 g/mol. The minimum Gasteiger partial charge on any atom is -0.329 e. The van der Waals surface area contributed by atoms with Gasteiger partial charge in [0.25, 0.3) is 0 Å². The van der Waals surface area contributed by atoms with Gasteiger partial charge in [-0.25, -0.2) is 4.98 Å². The number of hydrogen-bond acceptors (Lipinski definition) is 2. The summed E-state index contributed by atoms with van der Waals surface area (Å²) in [6.07, 6.45) is 0.130. The molecule has 3 nitrogen and oxygen atoms in total. The first kappa shape index (κ1) is 11.5. The maximum atomic E-state index is 12.7. The third-order valence-corrected chi connectivity index (χ3v) is 3.57. The van der Waals surface area contributed by atoms with Crippen LogP contribution in [0.25, 0.3) is 5.52 Å². The second-order valence-corrected chi connectivity index (χ2v) is 4.78. The summed E-state index contributed by atoms with van der Waals surface area (Å²) in [5.41, 5.74) is 5.47. The Morgan fingerprint density at radius 2 is 2.06 bits per heavy atom. The smallest absolute Gasteiger partial charge is 0.329 e. The van der Waals surface area contributed by atoms with E-state index in [-0.39, 0.29) is 5.41 Å². The molecule has 0 spiro atoms. The van der Waals surface area contributed by atoms with E-state index in [0.717, 1.165) is 25.1 Å². The molecule has 0 unspecified atom stereocenters. The van der Waals surface area contributed by atoms with Crippen LogP contribution in [0.5, 0.6) is 0 Å². The van der Waals surface area contributed by atoms with Gasteiger partial charge in [0.1, 0.15) is 5.82 Å². The van der Waals surface area contributed by atoms with Crippen molar-refractivity contribution in [3.63, 3.8) is 0 Å². The van der Waals surface area contributed by atoms with Crippen LogP contribution in [0.1, 0.15) is 24.2 Å². The number of fused-ring (bicyclic) bond motifs is 1. The fraction of sp³-hybridized carbons (Fsp3) is 0.417. The highest BCUT2D eigenvalue weighted by atomic mass is 19.4. The third-order valence-electron chi connectivity index (χ3n) is 3.57. The van der Waals surface area contributed by atoms with Gasteiger partial charge in [0.15, 0.2) is 0 Å². The van der Waals surface area contributed by atoms with E-state index < -0.39 is 11.7 Å². The zero-order valence-corrected chi connectivity index (χ0v) is 9.54. The minimum absolute atomic E-state index is 0.226. The summed E-state index contributed by atoms with van der Waals surface area (Å²) in [5.74, 6) is 0.645. The molecule has 0 saturated heterocycles. The van der Waals surface area contributed by atoms with Gasteiger partial charge in [0, 0.05) is 18.2 Å². The molecule has 0 atom stereocenters. The van der Waals surface area contributed by atoms with Gasteiger partial charge in [0.05, 0.1) is 17.3 Å².